The zero-order valence-electron chi connectivity index (χ0n) is 13.1. The lowest BCUT2D eigenvalue weighted by atomic mass is 10.1. The Morgan fingerprint density at radius 3 is 2.33 bits per heavy atom. The van der Waals surface area contributed by atoms with E-state index in [0.717, 1.165) is 30.8 Å². The number of likely N-dealkylation sites (N-methyl/N-ethyl adjacent to an activating group) is 1. The highest BCUT2D eigenvalue weighted by molar-refractivity contribution is 7.88. The number of hydrogen-bond donors (Lipinski definition) is 0. The molecule has 0 bridgehead atoms. The van der Waals surface area contributed by atoms with Crippen LogP contribution in [0.2, 0.25) is 0 Å². The topological polar surface area (TPSA) is 40.6 Å². The maximum atomic E-state index is 12.4. The molecule has 2 rings (SSSR count). The van der Waals surface area contributed by atoms with E-state index in [0.29, 0.717) is 6.54 Å². The Balaban J connectivity index is 1.87. The van der Waals surface area contributed by atoms with Gasteiger partial charge in [-0.05, 0) is 38.4 Å². The SMILES string of the molecule is Cc1ccc(CS(=O)(=O)N(C)CCN2CCCCC2)cc1. The van der Waals surface area contributed by atoms with Crippen LogP contribution in [0, 0.1) is 6.92 Å². The molecular formula is C16H26N2O2S. The summed E-state index contributed by atoms with van der Waals surface area (Å²) >= 11 is 0. The Kier molecular flexibility index (Phi) is 5.79. The number of piperidine rings is 1. The van der Waals surface area contributed by atoms with E-state index >= 15 is 0 Å². The standard InChI is InChI=1S/C16H26N2O2S/c1-15-6-8-16(9-7-15)14-21(19,20)17(2)12-13-18-10-4-3-5-11-18/h6-9H,3-5,10-14H2,1-2H3. The molecule has 5 heteroatoms. The molecule has 0 aliphatic carbocycles. The highest BCUT2D eigenvalue weighted by atomic mass is 32.2. The summed E-state index contributed by atoms with van der Waals surface area (Å²) in [5, 5.41) is 0. The molecule has 1 aromatic rings. The summed E-state index contributed by atoms with van der Waals surface area (Å²) in [5.41, 5.74) is 2.00. The van der Waals surface area contributed by atoms with Crippen molar-refractivity contribution in [2.75, 3.05) is 33.2 Å². The van der Waals surface area contributed by atoms with Crippen LogP contribution < -0.4 is 0 Å². The van der Waals surface area contributed by atoms with Crippen LogP contribution >= 0.6 is 0 Å². The van der Waals surface area contributed by atoms with Crippen molar-refractivity contribution in [3.05, 3.63) is 35.4 Å². The first-order valence-electron chi connectivity index (χ1n) is 7.69. The third-order valence-corrected chi connectivity index (χ3v) is 5.95. The summed E-state index contributed by atoms with van der Waals surface area (Å²) in [7, 11) is -1.53. The predicted octanol–water partition coefficient (Wildman–Crippen LogP) is 2.24. The predicted molar refractivity (Wildman–Crippen MR) is 86.7 cm³/mol. The Labute approximate surface area is 128 Å². The minimum absolute atomic E-state index is 0.0871. The molecule has 0 aromatic heterocycles. The van der Waals surface area contributed by atoms with Gasteiger partial charge >= 0.3 is 0 Å². The van der Waals surface area contributed by atoms with Gasteiger partial charge in [-0.1, -0.05) is 36.2 Å². The Hall–Kier alpha value is -0.910. The molecular weight excluding hydrogens is 284 g/mol. The van der Waals surface area contributed by atoms with Crippen molar-refractivity contribution in [1.29, 1.82) is 0 Å². The van der Waals surface area contributed by atoms with E-state index in [4.69, 9.17) is 0 Å². The molecule has 1 saturated heterocycles. The van der Waals surface area contributed by atoms with Gasteiger partial charge in [-0.2, -0.15) is 0 Å². The van der Waals surface area contributed by atoms with Crippen LogP contribution in [0.15, 0.2) is 24.3 Å². The molecule has 0 atom stereocenters. The highest BCUT2D eigenvalue weighted by Gasteiger charge is 2.19. The van der Waals surface area contributed by atoms with Crippen LogP contribution in [-0.2, 0) is 15.8 Å². The van der Waals surface area contributed by atoms with Crippen LogP contribution in [0.3, 0.4) is 0 Å². The van der Waals surface area contributed by atoms with E-state index in [1.54, 1.807) is 7.05 Å². The van der Waals surface area contributed by atoms with E-state index in [-0.39, 0.29) is 5.75 Å². The average Bonchev–Trinajstić information content (AvgIpc) is 2.48. The molecule has 118 valence electrons. The fourth-order valence-electron chi connectivity index (χ4n) is 2.61. The van der Waals surface area contributed by atoms with Gasteiger partial charge in [-0.15, -0.1) is 0 Å². The van der Waals surface area contributed by atoms with Gasteiger partial charge in [0.1, 0.15) is 0 Å². The van der Waals surface area contributed by atoms with Crippen molar-refractivity contribution in [3.63, 3.8) is 0 Å². The van der Waals surface area contributed by atoms with Gasteiger partial charge in [0.25, 0.3) is 0 Å². The monoisotopic (exact) mass is 310 g/mol. The summed E-state index contributed by atoms with van der Waals surface area (Å²) in [6, 6.07) is 7.70. The summed E-state index contributed by atoms with van der Waals surface area (Å²) < 4.78 is 26.2. The molecule has 0 saturated carbocycles. The average molecular weight is 310 g/mol. The van der Waals surface area contributed by atoms with Crippen LogP contribution in [0.5, 0.6) is 0 Å². The summed E-state index contributed by atoms with van der Waals surface area (Å²) in [6.07, 6.45) is 3.78. The first-order valence-corrected chi connectivity index (χ1v) is 9.30. The van der Waals surface area contributed by atoms with E-state index in [9.17, 15) is 8.42 Å². The molecule has 1 heterocycles. The lowest BCUT2D eigenvalue weighted by molar-refractivity contribution is 0.218. The van der Waals surface area contributed by atoms with Crippen molar-refractivity contribution in [3.8, 4) is 0 Å². The normalized spacial score (nSPS) is 17.3. The van der Waals surface area contributed by atoms with Gasteiger partial charge < -0.3 is 4.90 Å². The second-order valence-corrected chi connectivity index (χ2v) is 8.04. The largest absolute Gasteiger partial charge is 0.302 e. The maximum absolute atomic E-state index is 12.4. The molecule has 0 spiro atoms. The first kappa shape index (κ1) is 16.5. The van der Waals surface area contributed by atoms with Gasteiger partial charge in [0, 0.05) is 20.1 Å². The quantitative estimate of drug-likeness (QED) is 0.809. The van der Waals surface area contributed by atoms with Crippen molar-refractivity contribution in [2.45, 2.75) is 31.9 Å². The minimum atomic E-state index is -3.22. The smallest absolute Gasteiger partial charge is 0.218 e. The van der Waals surface area contributed by atoms with Gasteiger partial charge in [0.2, 0.25) is 10.0 Å². The van der Waals surface area contributed by atoms with E-state index in [2.05, 4.69) is 4.90 Å². The van der Waals surface area contributed by atoms with Crippen LogP contribution in [0.4, 0.5) is 0 Å². The fourth-order valence-corrected chi connectivity index (χ4v) is 3.80. The van der Waals surface area contributed by atoms with E-state index < -0.39 is 10.0 Å². The maximum Gasteiger partial charge on any atom is 0.218 e. The number of rotatable bonds is 6. The van der Waals surface area contributed by atoms with E-state index in [1.807, 2.05) is 31.2 Å². The van der Waals surface area contributed by atoms with Crippen molar-refractivity contribution in [1.82, 2.24) is 9.21 Å². The van der Waals surface area contributed by atoms with Crippen LogP contribution in [-0.4, -0.2) is 50.8 Å². The molecule has 0 radical (unpaired) electrons. The molecule has 1 aliphatic heterocycles. The minimum Gasteiger partial charge on any atom is -0.302 e. The Morgan fingerprint density at radius 2 is 1.71 bits per heavy atom. The number of hydrogen-bond acceptors (Lipinski definition) is 3. The lowest BCUT2D eigenvalue weighted by Crippen LogP contribution is -2.39. The summed E-state index contributed by atoms with van der Waals surface area (Å²) in [4.78, 5) is 2.36. The second kappa shape index (κ2) is 7.38. The highest BCUT2D eigenvalue weighted by Crippen LogP contribution is 2.12. The molecule has 4 nitrogen and oxygen atoms in total. The molecule has 21 heavy (non-hydrogen) atoms. The number of nitrogens with zero attached hydrogens (tertiary/aromatic N) is 2. The third-order valence-electron chi connectivity index (χ3n) is 4.12. The zero-order valence-corrected chi connectivity index (χ0v) is 13.9. The van der Waals surface area contributed by atoms with Crippen molar-refractivity contribution < 1.29 is 8.42 Å². The second-order valence-electron chi connectivity index (χ2n) is 5.97. The van der Waals surface area contributed by atoms with Gasteiger partial charge in [-0.3, -0.25) is 0 Å². The van der Waals surface area contributed by atoms with Crippen molar-refractivity contribution in [2.24, 2.45) is 0 Å². The van der Waals surface area contributed by atoms with Crippen molar-refractivity contribution >= 4 is 10.0 Å². The zero-order chi connectivity index (χ0) is 15.3. The summed E-state index contributed by atoms with van der Waals surface area (Å²) in [5.74, 6) is 0.0871. The van der Waals surface area contributed by atoms with Crippen LogP contribution in [0.25, 0.3) is 0 Å². The number of benzene rings is 1. The fraction of sp³-hybridized carbons (Fsp3) is 0.625. The van der Waals surface area contributed by atoms with E-state index in [1.165, 1.54) is 23.6 Å². The van der Waals surface area contributed by atoms with Crippen LogP contribution in [0.1, 0.15) is 30.4 Å². The first-order chi connectivity index (χ1) is 9.97. The van der Waals surface area contributed by atoms with Gasteiger partial charge in [0.15, 0.2) is 0 Å². The molecule has 1 aliphatic rings. The number of sulfonamides is 1. The third kappa shape index (κ3) is 5.09. The number of likely N-dealkylation sites (tertiary alicyclic amines) is 1. The Bertz CT molecular complexity index is 534. The Morgan fingerprint density at radius 1 is 1.10 bits per heavy atom. The molecule has 0 N–H and O–H groups in total. The molecule has 1 aromatic carbocycles. The van der Waals surface area contributed by atoms with Gasteiger partial charge in [-0.25, -0.2) is 12.7 Å². The molecule has 0 unspecified atom stereocenters. The molecule has 0 amide bonds. The van der Waals surface area contributed by atoms with Gasteiger partial charge in [0.05, 0.1) is 5.75 Å². The molecule has 1 fully saturated rings. The summed E-state index contributed by atoms with van der Waals surface area (Å²) in [6.45, 7) is 5.62. The lowest BCUT2D eigenvalue weighted by Gasteiger charge is -2.28. The number of aryl methyl sites for hydroxylation is 1.